The van der Waals surface area contributed by atoms with Crippen LogP contribution in [0.1, 0.15) is 70.6 Å². The van der Waals surface area contributed by atoms with Crippen molar-refractivity contribution in [2.45, 2.75) is 76.7 Å². The lowest BCUT2D eigenvalue weighted by molar-refractivity contribution is -0.422. The molecule has 3 N–H and O–H groups in total. The minimum Gasteiger partial charge on any atom is -1.00 e. The third-order valence-electron chi connectivity index (χ3n) is 4.57. The van der Waals surface area contributed by atoms with E-state index in [1.165, 1.54) is 70.6 Å². The van der Waals surface area contributed by atoms with Gasteiger partial charge in [0.25, 0.3) is 0 Å². The molecule has 90 valence electrons. The SMILES string of the molecule is [Cl-].[NH3+]C1CCCC2(CCCCCC2)CC1. The third-order valence-corrected chi connectivity index (χ3v) is 4.57. The normalized spacial score (nSPS) is 31.4. The molecule has 1 unspecified atom stereocenters. The summed E-state index contributed by atoms with van der Waals surface area (Å²) in [6.07, 6.45) is 16.3. The number of rotatable bonds is 0. The Kier molecular flexibility index (Phi) is 5.42. The van der Waals surface area contributed by atoms with Crippen molar-refractivity contribution in [3.05, 3.63) is 0 Å². The maximum atomic E-state index is 4.26. The van der Waals surface area contributed by atoms with Gasteiger partial charge in [0.15, 0.2) is 0 Å². The van der Waals surface area contributed by atoms with E-state index in [1.807, 2.05) is 0 Å². The second-order valence-corrected chi connectivity index (χ2v) is 5.71. The zero-order valence-corrected chi connectivity index (χ0v) is 10.7. The first-order valence-electron chi connectivity index (χ1n) is 6.64. The van der Waals surface area contributed by atoms with Crippen LogP contribution in [-0.2, 0) is 0 Å². The quantitative estimate of drug-likeness (QED) is 0.604. The summed E-state index contributed by atoms with van der Waals surface area (Å²) < 4.78 is 0. The molecule has 0 amide bonds. The molecule has 2 fully saturated rings. The summed E-state index contributed by atoms with van der Waals surface area (Å²) in [4.78, 5) is 0. The molecule has 0 aliphatic heterocycles. The van der Waals surface area contributed by atoms with Gasteiger partial charge in [-0.1, -0.05) is 25.7 Å². The number of hydrogen-bond acceptors (Lipinski definition) is 0. The van der Waals surface area contributed by atoms with Crippen LogP contribution in [-0.4, -0.2) is 6.04 Å². The molecule has 0 bridgehead atoms. The number of hydrogen-bond donors (Lipinski definition) is 1. The molecular weight excluding hydrogens is 206 g/mol. The number of halogens is 1. The topological polar surface area (TPSA) is 27.6 Å². The fourth-order valence-corrected chi connectivity index (χ4v) is 3.52. The van der Waals surface area contributed by atoms with Crippen molar-refractivity contribution in [1.82, 2.24) is 0 Å². The smallest absolute Gasteiger partial charge is 0.0843 e. The molecule has 0 aromatic heterocycles. The summed E-state index contributed by atoms with van der Waals surface area (Å²) in [5, 5.41) is 0. The highest BCUT2D eigenvalue weighted by molar-refractivity contribution is 4.84. The molecule has 0 heterocycles. The molecular formula is C13H26ClN. The molecule has 2 aliphatic carbocycles. The van der Waals surface area contributed by atoms with Gasteiger partial charge in [0.1, 0.15) is 0 Å². The van der Waals surface area contributed by atoms with Crippen molar-refractivity contribution in [2.24, 2.45) is 5.41 Å². The van der Waals surface area contributed by atoms with E-state index in [0.29, 0.717) is 0 Å². The van der Waals surface area contributed by atoms with Gasteiger partial charge in [-0.3, -0.25) is 0 Å². The zero-order chi connectivity index (χ0) is 9.86. The predicted molar refractivity (Wildman–Crippen MR) is 59.9 cm³/mol. The minimum absolute atomic E-state index is 0. The highest BCUT2D eigenvalue weighted by Crippen LogP contribution is 2.44. The molecule has 2 saturated carbocycles. The van der Waals surface area contributed by atoms with Crippen LogP contribution in [0.2, 0.25) is 0 Å². The van der Waals surface area contributed by atoms with Crippen molar-refractivity contribution < 1.29 is 18.1 Å². The Morgan fingerprint density at radius 1 is 0.733 bits per heavy atom. The van der Waals surface area contributed by atoms with Crippen LogP contribution in [0, 0.1) is 5.41 Å². The molecule has 1 nitrogen and oxygen atoms in total. The summed E-state index contributed by atoms with van der Waals surface area (Å²) >= 11 is 0. The molecule has 2 rings (SSSR count). The highest BCUT2D eigenvalue weighted by Gasteiger charge is 2.33. The van der Waals surface area contributed by atoms with Crippen LogP contribution in [0.5, 0.6) is 0 Å². The van der Waals surface area contributed by atoms with E-state index >= 15 is 0 Å². The van der Waals surface area contributed by atoms with Crippen LogP contribution in [0.25, 0.3) is 0 Å². The van der Waals surface area contributed by atoms with E-state index in [-0.39, 0.29) is 12.4 Å². The third kappa shape index (κ3) is 3.64. The van der Waals surface area contributed by atoms with Gasteiger partial charge < -0.3 is 18.1 Å². The predicted octanol–water partition coefficient (Wildman–Crippen LogP) is -0.0944. The number of quaternary nitrogens is 1. The molecule has 2 heteroatoms. The van der Waals surface area contributed by atoms with Gasteiger partial charge in [-0.05, 0) is 50.4 Å². The lowest BCUT2D eigenvalue weighted by Crippen LogP contribution is -3.00. The first kappa shape index (κ1) is 13.3. The average molecular weight is 232 g/mol. The van der Waals surface area contributed by atoms with E-state index in [9.17, 15) is 0 Å². The lowest BCUT2D eigenvalue weighted by Gasteiger charge is -2.31. The van der Waals surface area contributed by atoms with Crippen LogP contribution in [0.3, 0.4) is 0 Å². The van der Waals surface area contributed by atoms with Crippen LogP contribution < -0.4 is 18.1 Å². The van der Waals surface area contributed by atoms with E-state index in [2.05, 4.69) is 5.73 Å². The van der Waals surface area contributed by atoms with E-state index < -0.39 is 0 Å². The van der Waals surface area contributed by atoms with Crippen molar-refractivity contribution in [3.63, 3.8) is 0 Å². The molecule has 0 aromatic carbocycles. The van der Waals surface area contributed by atoms with Gasteiger partial charge in [-0.25, -0.2) is 0 Å². The van der Waals surface area contributed by atoms with Crippen molar-refractivity contribution >= 4 is 0 Å². The Hall–Kier alpha value is 0.250. The highest BCUT2D eigenvalue weighted by atomic mass is 35.5. The molecule has 0 saturated heterocycles. The minimum atomic E-state index is 0. The summed E-state index contributed by atoms with van der Waals surface area (Å²) in [5.41, 5.74) is 5.03. The van der Waals surface area contributed by atoms with Gasteiger partial charge in [-0.15, -0.1) is 0 Å². The Balaban J connectivity index is 0.00000112. The van der Waals surface area contributed by atoms with Crippen LogP contribution >= 0.6 is 0 Å². The molecule has 0 aromatic rings. The first-order chi connectivity index (χ1) is 6.81. The molecule has 2 aliphatic rings. The van der Waals surface area contributed by atoms with E-state index in [4.69, 9.17) is 0 Å². The van der Waals surface area contributed by atoms with Gasteiger partial charge in [0.05, 0.1) is 6.04 Å². The Morgan fingerprint density at radius 3 is 2.00 bits per heavy atom. The Bertz CT molecular complexity index is 173. The summed E-state index contributed by atoms with van der Waals surface area (Å²) in [7, 11) is 0. The largest absolute Gasteiger partial charge is 1.00 e. The van der Waals surface area contributed by atoms with Crippen molar-refractivity contribution in [3.8, 4) is 0 Å². The summed E-state index contributed by atoms with van der Waals surface area (Å²) in [5.74, 6) is 0. The van der Waals surface area contributed by atoms with Crippen LogP contribution in [0.4, 0.5) is 0 Å². The molecule has 1 atom stereocenters. The first-order valence-corrected chi connectivity index (χ1v) is 6.64. The van der Waals surface area contributed by atoms with Crippen molar-refractivity contribution in [1.29, 1.82) is 0 Å². The van der Waals surface area contributed by atoms with E-state index in [0.717, 1.165) is 11.5 Å². The second kappa shape index (κ2) is 6.10. The van der Waals surface area contributed by atoms with Gasteiger partial charge in [0, 0.05) is 0 Å². The van der Waals surface area contributed by atoms with Gasteiger partial charge in [0.2, 0.25) is 0 Å². The van der Waals surface area contributed by atoms with Gasteiger partial charge >= 0.3 is 0 Å². The molecule has 1 spiro atoms. The fourth-order valence-electron chi connectivity index (χ4n) is 3.52. The summed E-state index contributed by atoms with van der Waals surface area (Å²) in [6, 6.07) is 0.762. The maximum absolute atomic E-state index is 4.26. The Labute approximate surface area is 101 Å². The molecule has 0 radical (unpaired) electrons. The fraction of sp³-hybridized carbons (Fsp3) is 1.00. The lowest BCUT2D eigenvalue weighted by atomic mass is 9.74. The maximum Gasteiger partial charge on any atom is 0.0843 e. The second-order valence-electron chi connectivity index (χ2n) is 5.71. The molecule has 15 heavy (non-hydrogen) atoms. The standard InChI is InChI=1S/C13H25N.ClH/c14-12-6-5-10-13(11-7-12)8-3-1-2-4-9-13;/h12H,1-11,14H2;1H. The monoisotopic (exact) mass is 231 g/mol. The summed E-state index contributed by atoms with van der Waals surface area (Å²) in [6.45, 7) is 0. The van der Waals surface area contributed by atoms with E-state index in [1.54, 1.807) is 0 Å². The van der Waals surface area contributed by atoms with Crippen LogP contribution in [0.15, 0.2) is 0 Å². The average Bonchev–Trinajstić information content (AvgIpc) is 2.50. The zero-order valence-electron chi connectivity index (χ0n) is 9.94. The Morgan fingerprint density at radius 2 is 1.33 bits per heavy atom. The van der Waals surface area contributed by atoms with Crippen molar-refractivity contribution in [2.75, 3.05) is 0 Å². The van der Waals surface area contributed by atoms with Gasteiger partial charge in [-0.2, -0.15) is 0 Å².